The number of amides is 1. The van der Waals surface area contributed by atoms with E-state index in [0.717, 1.165) is 6.26 Å². The monoisotopic (exact) mass is 306 g/mol. The molecular formula is C11H15ClN2O4S. The summed E-state index contributed by atoms with van der Waals surface area (Å²) in [5, 5.41) is 2.85. The minimum absolute atomic E-state index is 0.200. The highest BCUT2D eigenvalue weighted by Crippen LogP contribution is 2.21. The summed E-state index contributed by atoms with van der Waals surface area (Å²) in [6.07, 6.45) is 1.03. The first-order valence-corrected chi connectivity index (χ1v) is 7.65. The lowest BCUT2D eigenvalue weighted by Gasteiger charge is -2.09. The molecule has 19 heavy (non-hydrogen) atoms. The normalized spacial score (nSPS) is 11.1. The van der Waals surface area contributed by atoms with E-state index in [0.29, 0.717) is 13.2 Å². The van der Waals surface area contributed by atoms with Gasteiger partial charge in [-0.2, -0.15) is 0 Å². The minimum Gasteiger partial charge on any atom is -0.383 e. The smallest absolute Gasteiger partial charge is 0.252 e. The average molecular weight is 307 g/mol. The van der Waals surface area contributed by atoms with Gasteiger partial charge in [-0.15, -0.1) is 0 Å². The molecule has 2 N–H and O–H groups in total. The number of sulfonamides is 1. The number of halogens is 1. The first-order chi connectivity index (χ1) is 8.83. The summed E-state index contributed by atoms with van der Waals surface area (Å²) in [5.41, 5.74) is 0.482. The SMILES string of the molecule is COCCNC(=O)c1cc(NS(C)(=O)=O)ccc1Cl. The summed E-state index contributed by atoms with van der Waals surface area (Å²) < 4.78 is 29.3. The summed E-state index contributed by atoms with van der Waals surface area (Å²) in [4.78, 5) is 11.8. The molecule has 0 fully saturated rings. The molecule has 0 aliphatic carbocycles. The maximum absolute atomic E-state index is 11.8. The van der Waals surface area contributed by atoms with Crippen LogP contribution in [-0.4, -0.2) is 40.8 Å². The third kappa shape index (κ3) is 5.46. The molecule has 6 nitrogen and oxygen atoms in total. The van der Waals surface area contributed by atoms with E-state index in [1.807, 2.05) is 0 Å². The van der Waals surface area contributed by atoms with Gasteiger partial charge in [0, 0.05) is 19.3 Å². The topological polar surface area (TPSA) is 84.5 Å². The fourth-order valence-corrected chi connectivity index (χ4v) is 2.10. The van der Waals surface area contributed by atoms with Gasteiger partial charge in [0.25, 0.3) is 5.91 Å². The minimum atomic E-state index is -3.40. The lowest BCUT2D eigenvalue weighted by atomic mass is 10.2. The molecule has 1 amide bonds. The van der Waals surface area contributed by atoms with E-state index in [1.165, 1.54) is 25.3 Å². The molecule has 0 unspecified atom stereocenters. The molecule has 0 spiro atoms. The van der Waals surface area contributed by atoms with Crippen molar-refractivity contribution in [2.24, 2.45) is 0 Å². The van der Waals surface area contributed by atoms with Gasteiger partial charge in [0.1, 0.15) is 0 Å². The quantitative estimate of drug-likeness (QED) is 0.771. The Morgan fingerprint density at radius 2 is 2.11 bits per heavy atom. The fourth-order valence-electron chi connectivity index (χ4n) is 1.34. The summed E-state index contributed by atoms with van der Waals surface area (Å²) in [6, 6.07) is 4.32. The maximum atomic E-state index is 11.8. The number of anilines is 1. The van der Waals surface area contributed by atoms with Crippen molar-refractivity contribution in [1.29, 1.82) is 0 Å². The van der Waals surface area contributed by atoms with Crippen LogP contribution in [0.5, 0.6) is 0 Å². The summed E-state index contributed by atoms with van der Waals surface area (Å²) in [6.45, 7) is 0.722. The summed E-state index contributed by atoms with van der Waals surface area (Å²) in [7, 11) is -1.87. The predicted molar refractivity (Wildman–Crippen MR) is 74.1 cm³/mol. The first kappa shape index (κ1) is 15.7. The molecule has 0 radical (unpaired) electrons. The molecule has 0 aliphatic rings. The van der Waals surface area contributed by atoms with Crippen LogP contribution in [0.3, 0.4) is 0 Å². The Balaban J connectivity index is 2.88. The van der Waals surface area contributed by atoms with Crippen LogP contribution < -0.4 is 10.0 Å². The lowest BCUT2D eigenvalue weighted by molar-refractivity contribution is 0.0937. The fraction of sp³-hybridized carbons (Fsp3) is 0.364. The van der Waals surface area contributed by atoms with Gasteiger partial charge >= 0.3 is 0 Å². The van der Waals surface area contributed by atoms with Gasteiger partial charge in [-0.05, 0) is 18.2 Å². The molecule has 0 atom stereocenters. The molecule has 0 bridgehead atoms. The van der Waals surface area contributed by atoms with Crippen LogP contribution in [0.1, 0.15) is 10.4 Å². The lowest BCUT2D eigenvalue weighted by Crippen LogP contribution is -2.27. The zero-order chi connectivity index (χ0) is 14.5. The molecule has 0 aliphatic heterocycles. The highest BCUT2D eigenvalue weighted by atomic mass is 35.5. The summed E-state index contributed by atoms with van der Waals surface area (Å²) in [5.74, 6) is -0.390. The van der Waals surface area contributed by atoms with Crippen molar-refractivity contribution < 1.29 is 17.9 Å². The van der Waals surface area contributed by atoms with Gasteiger partial charge in [-0.25, -0.2) is 8.42 Å². The van der Waals surface area contributed by atoms with Crippen molar-refractivity contribution in [2.45, 2.75) is 0 Å². The van der Waals surface area contributed by atoms with E-state index in [-0.39, 0.29) is 22.2 Å². The Morgan fingerprint density at radius 1 is 1.42 bits per heavy atom. The Morgan fingerprint density at radius 3 is 2.68 bits per heavy atom. The van der Waals surface area contributed by atoms with Crippen molar-refractivity contribution in [3.05, 3.63) is 28.8 Å². The van der Waals surface area contributed by atoms with E-state index in [9.17, 15) is 13.2 Å². The van der Waals surface area contributed by atoms with Gasteiger partial charge in [-0.3, -0.25) is 9.52 Å². The Labute approximate surface area is 117 Å². The molecule has 0 saturated carbocycles. The van der Waals surface area contributed by atoms with E-state index in [4.69, 9.17) is 16.3 Å². The van der Waals surface area contributed by atoms with Gasteiger partial charge in [0.05, 0.1) is 23.4 Å². The molecular weight excluding hydrogens is 292 g/mol. The van der Waals surface area contributed by atoms with E-state index in [1.54, 1.807) is 0 Å². The molecule has 8 heteroatoms. The number of benzene rings is 1. The van der Waals surface area contributed by atoms with Crippen LogP contribution in [-0.2, 0) is 14.8 Å². The number of ether oxygens (including phenoxy) is 1. The number of nitrogens with one attached hydrogen (secondary N) is 2. The predicted octanol–water partition coefficient (Wildman–Crippen LogP) is 1.09. The van der Waals surface area contributed by atoms with Gasteiger partial charge < -0.3 is 10.1 Å². The van der Waals surface area contributed by atoms with Crippen LogP contribution in [0.2, 0.25) is 5.02 Å². The van der Waals surface area contributed by atoms with Crippen LogP contribution >= 0.6 is 11.6 Å². The molecule has 106 valence electrons. The van der Waals surface area contributed by atoms with Crippen molar-refractivity contribution >= 4 is 33.2 Å². The molecule has 0 aromatic heterocycles. The van der Waals surface area contributed by atoms with Crippen LogP contribution in [0, 0.1) is 0 Å². The van der Waals surface area contributed by atoms with E-state index in [2.05, 4.69) is 10.0 Å². The second kappa shape index (κ2) is 6.74. The van der Waals surface area contributed by atoms with Crippen LogP contribution in [0.4, 0.5) is 5.69 Å². The Bertz CT molecular complexity index is 560. The summed E-state index contributed by atoms with van der Waals surface area (Å²) >= 11 is 5.91. The average Bonchev–Trinajstić information content (AvgIpc) is 2.30. The zero-order valence-electron chi connectivity index (χ0n) is 10.6. The van der Waals surface area contributed by atoms with Crippen molar-refractivity contribution in [3.63, 3.8) is 0 Å². The number of carbonyl (C=O) groups is 1. The second-order valence-electron chi connectivity index (χ2n) is 3.82. The Hall–Kier alpha value is -1.31. The number of hydrogen-bond donors (Lipinski definition) is 2. The van der Waals surface area contributed by atoms with Crippen molar-refractivity contribution in [1.82, 2.24) is 5.32 Å². The van der Waals surface area contributed by atoms with E-state index >= 15 is 0 Å². The van der Waals surface area contributed by atoms with E-state index < -0.39 is 10.0 Å². The Kier molecular flexibility index (Phi) is 5.59. The number of hydrogen-bond acceptors (Lipinski definition) is 4. The standard InChI is InChI=1S/C11H15ClN2O4S/c1-18-6-5-13-11(15)9-7-8(3-4-10(9)12)14-19(2,16)17/h3-4,7,14H,5-6H2,1-2H3,(H,13,15). The second-order valence-corrected chi connectivity index (χ2v) is 5.97. The van der Waals surface area contributed by atoms with Gasteiger partial charge in [-0.1, -0.05) is 11.6 Å². The maximum Gasteiger partial charge on any atom is 0.252 e. The van der Waals surface area contributed by atoms with Crippen LogP contribution in [0.15, 0.2) is 18.2 Å². The largest absolute Gasteiger partial charge is 0.383 e. The molecule has 1 aromatic carbocycles. The zero-order valence-corrected chi connectivity index (χ0v) is 12.1. The molecule has 1 rings (SSSR count). The first-order valence-electron chi connectivity index (χ1n) is 5.38. The van der Waals surface area contributed by atoms with Crippen molar-refractivity contribution in [3.8, 4) is 0 Å². The third-order valence-electron chi connectivity index (χ3n) is 2.11. The van der Waals surface area contributed by atoms with Gasteiger partial charge in [0.2, 0.25) is 10.0 Å². The van der Waals surface area contributed by atoms with Gasteiger partial charge in [0.15, 0.2) is 0 Å². The number of methoxy groups -OCH3 is 1. The number of carbonyl (C=O) groups excluding carboxylic acids is 1. The highest BCUT2D eigenvalue weighted by molar-refractivity contribution is 7.92. The number of rotatable bonds is 6. The molecule has 0 heterocycles. The van der Waals surface area contributed by atoms with Crippen LogP contribution in [0.25, 0.3) is 0 Å². The highest BCUT2D eigenvalue weighted by Gasteiger charge is 2.12. The third-order valence-corrected chi connectivity index (χ3v) is 3.04. The van der Waals surface area contributed by atoms with Crippen molar-refractivity contribution in [2.75, 3.05) is 31.2 Å². The molecule has 1 aromatic rings. The molecule has 0 saturated heterocycles.